The molecule has 0 aromatic carbocycles. The highest BCUT2D eigenvalue weighted by atomic mass is 16.7. The summed E-state index contributed by atoms with van der Waals surface area (Å²) in [5.74, 6) is -0.825. The number of carbonyl (C=O) groups is 3. The normalized spacial score (nSPS) is 35.8. The lowest BCUT2D eigenvalue weighted by atomic mass is 9.61. The summed E-state index contributed by atoms with van der Waals surface area (Å²) in [6, 6.07) is 0. The maximum Gasteiger partial charge on any atom is 0.350 e. The number of carbonyl (C=O) groups excluding carboxylic acids is 3. The van der Waals surface area contributed by atoms with Crippen LogP contribution in [0.25, 0.3) is 0 Å². The van der Waals surface area contributed by atoms with Crippen molar-refractivity contribution in [3.63, 3.8) is 0 Å². The van der Waals surface area contributed by atoms with Crippen molar-refractivity contribution in [2.45, 2.75) is 108 Å². The third kappa shape index (κ3) is 5.79. The van der Waals surface area contributed by atoms with Crippen molar-refractivity contribution in [3.8, 4) is 0 Å². The van der Waals surface area contributed by atoms with Gasteiger partial charge in [0, 0.05) is 30.6 Å². The number of fused-ring (bicyclic) bond motifs is 2. The van der Waals surface area contributed by atoms with Crippen molar-refractivity contribution >= 4 is 17.5 Å². The Bertz CT molecular complexity index is 906. The van der Waals surface area contributed by atoms with Crippen LogP contribution in [0.5, 0.6) is 0 Å². The van der Waals surface area contributed by atoms with Crippen LogP contribution < -0.4 is 16.4 Å². The van der Waals surface area contributed by atoms with E-state index in [2.05, 4.69) is 24.5 Å². The number of esters is 1. The Morgan fingerprint density at radius 1 is 1.24 bits per heavy atom. The lowest BCUT2D eigenvalue weighted by Gasteiger charge is -2.36. The zero-order chi connectivity index (χ0) is 27.3. The molecular formula is C30H51N3O5+2. The summed E-state index contributed by atoms with van der Waals surface area (Å²) in [7, 11) is 2.01. The Balaban J connectivity index is 1.48. The van der Waals surface area contributed by atoms with E-state index in [0.29, 0.717) is 18.8 Å². The van der Waals surface area contributed by atoms with Gasteiger partial charge in [-0.1, -0.05) is 44.3 Å². The van der Waals surface area contributed by atoms with Crippen LogP contribution in [-0.2, 0) is 23.9 Å². The molecule has 0 amide bonds. The molecule has 4 fully saturated rings. The Morgan fingerprint density at radius 2 is 1.97 bits per heavy atom. The first-order valence-corrected chi connectivity index (χ1v) is 15.3. The van der Waals surface area contributed by atoms with Gasteiger partial charge in [0.15, 0.2) is 17.2 Å². The van der Waals surface area contributed by atoms with Crippen molar-refractivity contribution in [2.75, 3.05) is 26.7 Å². The molecule has 2 saturated heterocycles. The molecule has 4 rings (SSSR count). The van der Waals surface area contributed by atoms with Gasteiger partial charge >= 0.3 is 5.97 Å². The van der Waals surface area contributed by atoms with E-state index in [9.17, 15) is 14.4 Å². The van der Waals surface area contributed by atoms with E-state index in [-0.39, 0.29) is 42.6 Å². The molecule has 2 heterocycles. The molecule has 2 aliphatic carbocycles. The first-order valence-electron chi connectivity index (χ1n) is 15.3. The van der Waals surface area contributed by atoms with Gasteiger partial charge in [-0.25, -0.2) is 4.79 Å². The topological polar surface area (TPSA) is 132 Å². The molecule has 2 saturated carbocycles. The molecule has 0 radical (unpaired) electrons. The summed E-state index contributed by atoms with van der Waals surface area (Å²) in [6.45, 7) is 6.41. The van der Waals surface area contributed by atoms with Gasteiger partial charge in [0.05, 0.1) is 26.7 Å². The number of ketones is 2. The summed E-state index contributed by atoms with van der Waals surface area (Å²) in [5.41, 5.74) is 4.14. The second-order valence-corrected chi connectivity index (χ2v) is 12.5. The molecule has 0 bridgehead atoms. The van der Waals surface area contributed by atoms with E-state index < -0.39 is 23.1 Å². The number of quaternary nitrogens is 2. The second-order valence-electron chi connectivity index (χ2n) is 12.5. The highest BCUT2D eigenvalue weighted by Crippen LogP contribution is 2.61. The van der Waals surface area contributed by atoms with Crippen LogP contribution >= 0.6 is 0 Å². The largest absolute Gasteiger partial charge is 0.463 e. The molecule has 7 unspecified atom stereocenters. The average Bonchev–Trinajstić information content (AvgIpc) is 3.63. The Kier molecular flexibility index (Phi) is 9.82. The number of rotatable bonds is 13. The fourth-order valence-corrected chi connectivity index (χ4v) is 7.27. The van der Waals surface area contributed by atoms with Crippen molar-refractivity contribution < 1.29 is 34.5 Å². The minimum absolute atomic E-state index is 0.0546. The maximum absolute atomic E-state index is 13.9. The maximum atomic E-state index is 13.9. The second kappa shape index (κ2) is 12.7. The van der Waals surface area contributed by atoms with Crippen LogP contribution in [-0.4, -0.2) is 61.6 Å². The molecule has 2 aliphatic heterocycles. The lowest BCUT2D eigenvalue weighted by Crippen LogP contribution is -2.94. The number of Topliss-reactive ketones (excluding diaryl/α,β-unsaturated/α-hetero) is 2. The van der Waals surface area contributed by atoms with E-state index in [4.69, 9.17) is 15.2 Å². The summed E-state index contributed by atoms with van der Waals surface area (Å²) in [4.78, 5) is 41.3. The molecule has 0 aromatic rings. The molecule has 7 atom stereocenters. The smallest absolute Gasteiger partial charge is 0.350 e. The number of nitrogens with two attached hydrogens (primary N) is 3. The van der Waals surface area contributed by atoms with E-state index in [0.717, 1.165) is 64.5 Å². The molecule has 4 aliphatic rings. The quantitative estimate of drug-likeness (QED) is 0.142. The number of hydrogen-bond donors (Lipinski definition) is 3. The minimum Gasteiger partial charge on any atom is -0.463 e. The fourth-order valence-electron chi connectivity index (χ4n) is 7.27. The molecule has 8 nitrogen and oxygen atoms in total. The zero-order valence-electron chi connectivity index (χ0n) is 23.8. The van der Waals surface area contributed by atoms with Crippen LogP contribution in [0.2, 0.25) is 0 Å². The molecule has 0 spiro atoms. The highest BCUT2D eigenvalue weighted by molar-refractivity contribution is 6.23. The third-order valence-corrected chi connectivity index (χ3v) is 9.65. The lowest BCUT2D eigenvalue weighted by molar-refractivity contribution is -0.699. The standard InChI is InChI=1S/C30H49N3O5/c1-4-5-8-22(18-32-3)19-37-28(36)30-27(35)24-10-7-6-9-23(24)26(34)29(30,38-30)15-13-20(2)11-12-21-14-16-33-25(31)17-21/h13,21-25,32-33H,4-12,14-19,31H2,1-3H3/p+2. The molecular weight excluding hydrogens is 482 g/mol. The minimum atomic E-state index is -1.75. The molecule has 38 heavy (non-hydrogen) atoms. The summed E-state index contributed by atoms with van der Waals surface area (Å²) in [5, 5.41) is 4.30. The Morgan fingerprint density at radius 3 is 2.66 bits per heavy atom. The van der Waals surface area contributed by atoms with Crippen LogP contribution in [0.3, 0.4) is 0 Å². The van der Waals surface area contributed by atoms with Gasteiger partial charge in [0.2, 0.25) is 0 Å². The number of allylic oxidation sites excluding steroid dienone is 1. The number of piperidine rings is 1. The molecule has 214 valence electrons. The summed E-state index contributed by atoms with van der Waals surface area (Å²) in [6.07, 6.45) is 13.0. The van der Waals surface area contributed by atoms with Gasteiger partial charge in [-0.2, -0.15) is 0 Å². The zero-order valence-corrected chi connectivity index (χ0v) is 23.8. The average molecular weight is 534 g/mol. The number of unbranched alkanes of at least 4 members (excludes halogenated alkanes) is 1. The Hall–Kier alpha value is -1.61. The first kappa shape index (κ1) is 29.4. The SMILES string of the molecule is CCCCC(C[NH2+]C)COC(=O)C12OC1(CC=C(C)CCC1CC[NH2+]C(N)C1)C(=O)C1CCCCC1C2=O. The fraction of sp³-hybridized carbons (Fsp3) is 0.833. The van der Waals surface area contributed by atoms with Crippen molar-refractivity contribution in [2.24, 2.45) is 29.4 Å². The molecule has 8 heteroatoms. The monoisotopic (exact) mass is 533 g/mol. The molecule has 6 N–H and O–H groups in total. The summed E-state index contributed by atoms with van der Waals surface area (Å²) < 4.78 is 11.9. The third-order valence-electron chi connectivity index (χ3n) is 9.65. The number of ether oxygens (including phenoxy) is 2. The van der Waals surface area contributed by atoms with Crippen LogP contribution in [0.15, 0.2) is 11.6 Å². The van der Waals surface area contributed by atoms with Crippen molar-refractivity contribution in [3.05, 3.63) is 11.6 Å². The van der Waals surface area contributed by atoms with Gasteiger partial charge in [-0.3, -0.25) is 15.3 Å². The number of epoxide rings is 1. The predicted molar refractivity (Wildman–Crippen MR) is 144 cm³/mol. The van der Waals surface area contributed by atoms with Gasteiger partial charge in [0.1, 0.15) is 6.17 Å². The van der Waals surface area contributed by atoms with Gasteiger partial charge in [0.25, 0.3) is 5.60 Å². The Labute approximate surface area is 228 Å². The van der Waals surface area contributed by atoms with E-state index in [1.165, 1.54) is 12.0 Å². The van der Waals surface area contributed by atoms with Crippen LogP contribution in [0.4, 0.5) is 0 Å². The van der Waals surface area contributed by atoms with Crippen LogP contribution in [0, 0.1) is 23.7 Å². The molecule has 0 aromatic heterocycles. The van der Waals surface area contributed by atoms with Gasteiger partial charge < -0.3 is 20.1 Å². The van der Waals surface area contributed by atoms with E-state index in [1.807, 2.05) is 13.1 Å². The first-order chi connectivity index (χ1) is 18.3. The van der Waals surface area contributed by atoms with Gasteiger partial charge in [-0.15, -0.1) is 0 Å². The van der Waals surface area contributed by atoms with Crippen molar-refractivity contribution in [1.29, 1.82) is 0 Å². The van der Waals surface area contributed by atoms with E-state index in [1.54, 1.807) is 0 Å². The van der Waals surface area contributed by atoms with Crippen LogP contribution in [0.1, 0.15) is 90.9 Å². The number of hydrogen-bond acceptors (Lipinski definition) is 6. The van der Waals surface area contributed by atoms with E-state index >= 15 is 0 Å². The highest BCUT2D eigenvalue weighted by Gasteiger charge is 2.86. The predicted octanol–water partition coefficient (Wildman–Crippen LogP) is 1.37. The van der Waals surface area contributed by atoms with Gasteiger partial charge in [-0.05, 0) is 51.4 Å². The summed E-state index contributed by atoms with van der Waals surface area (Å²) >= 11 is 0. The van der Waals surface area contributed by atoms with Crippen molar-refractivity contribution in [1.82, 2.24) is 0 Å².